The van der Waals surface area contributed by atoms with E-state index in [0.29, 0.717) is 18.8 Å². The van der Waals surface area contributed by atoms with Crippen molar-refractivity contribution in [1.82, 2.24) is 14.8 Å². The molecule has 0 aliphatic heterocycles. The highest BCUT2D eigenvalue weighted by atomic mass is 32.2. The van der Waals surface area contributed by atoms with Crippen LogP contribution < -0.4 is 4.74 Å². The van der Waals surface area contributed by atoms with Crippen molar-refractivity contribution in [2.75, 3.05) is 0 Å². The minimum atomic E-state index is -4.90. The maximum atomic E-state index is 13.4. The first-order valence-electron chi connectivity index (χ1n) is 8.71. The first kappa shape index (κ1) is 21.1. The predicted molar refractivity (Wildman–Crippen MR) is 92.9 cm³/mol. The van der Waals surface area contributed by atoms with Gasteiger partial charge in [-0.25, -0.2) is 4.98 Å². The molecule has 0 saturated heterocycles. The van der Waals surface area contributed by atoms with Gasteiger partial charge in [0.15, 0.2) is 11.5 Å². The summed E-state index contributed by atoms with van der Waals surface area (Å²) in [6.45, 7) is 2.01. The van der Waals surface area contributed by atoms with Crippen LogP contribution in [0.4, 0.5) is 13.2 Å². The second-order valence-corrected chi connectivity index (χ2v) is 8.31. The number of ether oxygens (including phenoxy) is 1. The highest BCUT2D eigenvalue weighted by molar-refractivity contribution is 7.85. The lowest BCUT2D eigenvalue weighted by atomic mass is 9.89. The number of pyridine rings is 1. The molecule has 0 radical (unpaired) electrons. The van der Waals surface area contributed by atoms with Gasteiger partial charge in [-0.1, -0.05) is 13.3 Å². The van der Waals surface area contributed by atoms with Crippen molar-refractivity contribution in [2.24, 2.45) is 5.92 Å². The number of nitrogens with zero attached hydrogens (tertiary/aromatic N) is 4. The molecule has 8 nitrogen and oxygen atoms in total. The molecule has 2 unspecified atom stereocenters. The zero-order valence-electron chi connectivity index (χ0n) is 15.2. The summed E-state index contributed by atoms with van der Waals surface area (Å²) in [7, 11) is -4.53. The highest BCUT2D eigenvalue weighted by Gasteiger charge is 2.41. The molecule has 29 heavy (non-hydrogen) atoms. The number of alkyl halides is 3. The Morgan fingerprint density at radius 1 is 1.34 bits per heavy atom. The summed E-state index contributed by atoms with van der Waals surface area (Å²) in [6.07, 6.45) is -1.45. The van der Waals surface area contributed by atoms with E-state index in [1.807, 2.05) is 6.92 Å². The average molecular weight is 430 g/mol. The molecule has 1 fully saturated rings. The minimum absolute atomic E-state index is 0.191. The number of hydrogen-bond donors (Lipinski definition) is 1. The molecule has 12 heteroatoms. The Bertz CT molecular complexity index is 1040. The lowest BCUT2D eigenvalue weighted by Gasteiger charge is -2.27. The zero-order valence-corrected chi connectivity index (χ0v) is 16.0. The molecule has 0 spiro atoms. The molecule has 1 aliphatic rings. The van der Waals surface area contributed by atoms with E-state index in [9.17, 15) is 26.9 Å². The quantitative estimate of drug-likeness (QED) is 0.739. The van der Waals surface area contributed by atoms with E-state index >= 15 is 0 Å². The van der Waals surface area contributed by atoms with E-state index in [2.05, 4.69) is 10.1 Å². The third-order valence-electron chi connectivity index (χ3n) is 4.63. The van der Waals surface area contributed by atoms with E-state index in [1.165, 1.54) is 6.07 Å². The fraction of sp³-hybridized carbons (Fsp3) is 0.471. The Morgan fingerprint density at radius 3 is 2.59 bits per heavy atom. The molecular formula is C17H17F3N4O4S. The van der Waals surface area contributed by atoms with Crippen LogP contribution in [0.3, 0.4) is 0 Å². The summed E-state index contributed by atoms with van der Waals surface area (Å²) >= 11 is 0. The van der Waals surface area contributed by atoms with Crippen molar-refractivity contribution in [3.8, 4) is 17.8 Å². The molecule has 2 heterocycles. The van der Waals surface area contributed by atoms with Gasteiger partial charge in [-0.15, -0.1) is 0 Å². The zero-order chi connectivity index (χ0) is 21.4. The minimum Gasteiger partial charge on any atom is -0.473 e. The molecule has 3 rings (SSSR count). The van der Waals surface area contributed by atoms with Gasteiger partial charge < -0.3 is 4.74 Å². The van der Waals surface area contributed by atoms with E-state index in [0.717, 1.165) is 35.9 Å². The maximum Gasteiger partial charge on any atom is 0.436 e. The van der Waals surface area contributed by atoms with Crippen LogP contribution in [0, 0.1) is 17.2 Å². The van der Waals surface area contributed by atoms with Gasteiger partial charge in [-0.3, -0.25) is 4.55 Å². The third kappa shape index (κ3) is 4.51. The summed E-state index contributed by atoms with van der Waals surface area (Å²) in [6, 6.07) is 3.53. The molecular weight excluding hydrogens is 413 g/mol. The Hall–Kier alpha value is -2.65. The van der Waals surface area contributed by atoms with Gasteiger partial charge in [0.2, 0.25) is 5.88 Å². The molecule has 2 aromatic heterocycles. The lowest BCUT2D eigenvalue weighted by Crippen LogP contribution is -2.25. The van der Waals surface area contributed by atoms with Crippen LogP contribution in [0.1, 0.15) is 43.9 Å². The molecule has 1 N–H and O–H groups in total. The van der Waals surface area contributed by atoms with Gasteiger partial charge in [0.25, 0.3) is 10.1 Å². The van der Waals surface area contributed by atoms with E-state index in [1.54, 1.807) is 0 Å². The van der Waals surface area contributed by atoms with Crippen molar-refractivity contribution in [3.05, 3.63) is 29.6 Å². The molecule has 1 saturated carbocycles. The van der Waals surface area contributed by atoms with Crippen LogP contribution in [-0.4, -0.2) is 33.8 Å². The van der Waals surface area contributed by atoms with Crippen molar-refractivity contribution in [1.29, 1.82) is 5.26 Å². The molecule has 156 valence electrons. The van der Waals surface area contributed by atoms with Gasteiger partial charge in [-0.2, -0.15) is 36.6 Å². The first-order chi connectivity index (χ1) is 13.5. The Balaban J connectivity index is 2.10. The predicted octanol–water partition coefficient (Wildman–Crippen LogP) is 3.36. The Morgan fingerprint density at radius 2 is 2.07 bits per heavy atom. The van der Waals surface area contributed by atoms with Crippen LogP contribution in [0.2, 0.25) is 0 Å². The van der Waals surface area contributed by atoms with Crippen molar-refractivity contribution in [3.63, 3.8) is 0 Å². The van der Waals surface area contributed by atoms with E-state index in [4.69, 9.17) is 9.29 Å². The summed E-state index contributed by atoms with van der Waals surface area (Å²) in [5.74, 6) is -0.265. The van der Waals surface area contributed by atoms with Gasteiger partial charge in [0.05, 0.1) is 6.20 Å². The van der Waals surface area contributed by atoms with E-state index < -0.39 is 38.3 Å². The summed E-state index contributed by atoms with van der Waals surface area (Å²) in [4.78, 5) is 3.23. The molecule has 1 aliphatic carbocycles. The van der Waals surface area contributed by atoms with Crippen LogP contribution in [0.5, 0.6) is 5.88 Å². The molecule has 2 aromatic rings. The monoisotopic (exact) mass is 430 g/mol. The number of nitriles is 1. The smallest absolute Gasteiger partial charge is 0.436 e. The van der Waals surface area contributed by atoms with Crippen LogP contribution in [0.25, 0.3) is 5.82 Å². The van der Waals surface area contributed by atoms with Crippen molar-refractivity contribution >= 4 is 10.1 Å². The molecule has 0 amide bonds. The van der Waals surface area contributed by atoms with Crippen LogP contribution in [-0.2, 0) is 16.3 Å². The maximum absolute atomic E-state index is 13.4. The van der Waals surface area contributed by atoms with Gasteiger partial charge in [0.1, 0.15) is 22.6 Å². The standard InChI is InChI=1S/C17H17F3N4O4S/c1-10-3-2-4-11(7-10)28-16-13(8-21)15(17(18,19)20)23-24(16)14-6-5-12(9-22-14)29(25,26)27/h5-6,9-11H,2-4,7H2,1H3,(H,25,26,27). The van der Waals surface area contributed by atoms with Gasteiger partial charge in [-0.05, 0) is 37.3 Å². The topological polar surface area (TPSA) is 118 Å². The number of hydrogen-bond acceptors (Lipinski definition) is 6. The average Bonchev–Trinajstić information content (AvgIpc) is 3.00. The van der Waals surface area contributed by atoms with Gasteiger partial charge >= 0.3 is 6.18 Å². The molecule has 0 aromatic carbocycles. The lowest BCUT2D eigenvalue weighted by molar-refractivity contribution is -0.141. The van der Waals surface area contributed by atoms with Crippen molar-refractivity contribution in [2.45, 2.75) is 49.8 Å². The van der Waals surface area contributed by atoms with E-state index in [-0.39, 0.29) is 11.9 Å². The van der Waals surface area contributed by atoms with Crippen LogP contribution in [0.15, 0.2) is 23.2 Å². The SMILES string of the molecule is CC1CCCC(Oc2c(C#N)c(C(F)(F)F)nn2-c2ccc(S(=O)(=O)O)cn2)C1. The van der Waals surface area contributed by atoms with Crippen molar-refractivity contribution < 1.29 is 30.9 Å². The third-order valence-corrected chi connectivity index (χ3v) is 5.46. The fourth-order valence-electron chi connectivity index (χ4n) is 3.26. The highest BCUT2D eigenvalue weighted by Crippen LogP contribution is 2.38. The largest absolute Gasteiger partial charge is 0.473 e. The second-order valence-electron chi connectivity index (χ2n) is 6.89. The number of rotatable bonds is 4. The van der Waals surface area contributed by atoms with Crippen LogP contribution >= 0.6 is 0 Å². The Kier molecular flexibility index (Phi) is 5.55. The van der Waals surface area contributed by atoms with Gasteiger partial charge in [0, 0.05) is 0 Å². The summed E-state index contributed by atoms with van der Waals surface area (Å²) in [5, 5.41) is 12.8. The first-order valence-corrected chi connectivity index (χ1v) is 10.2. The summed E-state index contributed by atoms with van der Waals surface area (Å²) < 4.78 is 78.0. The number of aromatic nitrogens is 3. The normalized spacial score (nSPS) is 20.3. The Labute approximate surface area is 164 Å². The second kappa shape index (κ2) is 7.64. The number of halogens is 3. The molecule has 2 atom stereocenters. The summed E-state index contributed by atoms with van der Waals surface area (Å²) in [5.41, 5.74) is -2.18. The fourth-order valence-corrected chi connectivity index (χ4v) is 3.69. The molecule has 0 bridgehead atoms.